The van der Waals surface area contributed by atoms with Crippen molar-refractivity contribution in [2.24, 2.45) is 5.10 Å². The van der Waals surface area contributed by atoms with Gasteiger partial charge in [-0.2, -0.15) is 5.10 Å². The number of hydrazone groups is 1. The second kappa shape index (κ2) is 6.92. The number of amides is 1. The molecule has 1 amide bonds. The van der Waals surface area contributed by atoms with Crippen molar-refractivity contribution in [3.8, 4) is 0 Å². The Hall–Kier alpha value is -3.54. The molecule has 0 radical (unpaired) electrons. The maximum absolute atomic E-state index is 12.1. The number of carbonyl (C=O) groups is 1. The summed E-state index contributed by atoms with van der Waals surface area (Å²) >= 11 is 0. The Morgan fingerprint density at radius 1 is 1.12 bits per heavy atom. The molecule has 0 heterocycles. The van der Waals surface area contributed by atoms with Crippen LogP contribution in [0.4, 0.5) is 5.69 Å². The first kappa shape index (κ1) is 16.3. The van der Waals surface area contributed by atoms with Gasteiger partial charge in [0.05, 0.1) is 11.1 Å². The molecule has 0 spiro atoms. The van der Waals surface area contributed by atoms with Crippen LogP contribution in [-0.4, -0.2) is 17.0 Å². The van der Waals surface area contributed by atoms with Crippen LogP contribution in [0.1, 0.15) is 21.5 Å². The largest absolute Gasteiger partial charge is 0.272 e. The Labute approximate surface area is 143 Å². The lowest BCUT2D eigenvalue weighted by Crippen LogP contribution is -2.17. The van der Waals surface area contributed by atoms with Crippen LogP contribution in [-0.2, 0) is 0 Å². The third kappa shape index (κ3) is 3.53. The number of hydrogen-bond donors (Lipinski definition) is 1. The number of nitrogens with zero attached hydrogens (tertiary/aromatic N) is 2. The highest BCUT2D eigenvalue weighted by Crippen LogP contribution is 2.19. The van der Waals surface area contributed by atoms with E-state index in [0.29, 0.717) is 11.1 Å². The SMILES string of the molecule is Cc1cc(C(=O)N/N=C/c2cccc3ccccc23)ccc1[N+](=O)[O-]. The molecule has 124 valence electrons. The normalized spacial score (nSPS) is 10.9. The Morgan fingerprint density at radius 3 is 2.64 bits per heavy atom. The van der Waals surface area contributed by atoms with Gasteiger partial charge in [-0.25, -0.2) is 5.43 Å². The Bertz CT molecular complexity index is 991. The number of nitro groups is 1. The standard InChI is InChI=1S/C19H15N3O3/c1-13-11-15(9-10-18(13)22(24)25)19(23)21-20-12-16-7-4-6-14-5-2-3-8-17(14)16/h2-12H,1H3,(H,21,23)/b20-12+. The lowest BCUT2D eigenvalue weighted by atomic mass is 10.1. The van der Waals surface area contributed by atoms with Crippen LogP contribution >= 0.6 is 0 Å². The average molecular weight is 333 g/mol. The summed E-state index contributed by atoms with van der Waals surface area (Å²) in [7, 11) is 0. The van der Waals surface area contributed by atoms with Crippen molar-refractivity contribution in [1.82, 2.24) is 5.43 Å². The van der Waals surface area contributed by atoms with Gasteiger partial charge < -0.3 is 0 Å². The molecule has 0 aliphatic heterocycles. The molecule has 0 aromatic heterocycles. The fourth-order valence-electron chi connectivity index (χ4n) is 2.59. The smallest absolute Gasteiger partial charge is 0.267 e. The van der Waals surface area contributed by atoms with Crippen molar-refractivity contribution in [2.45, 2.75) is 6.92 Å². The molecule has 0 fully saturated rings. The van der Waals surface area contributed by atoms with E-state index < -0.39 is 10.8 Å². The van der Waals surface area contributed by atoms with Gasteiger partial charge in [0.1, 0.15) is 0 Å². The zero-order valence-electron chi connectivity index (χ0n) is 13.5. The molecule has 6 nitrogen and oxygen atoms in total. The first-order chi connectivity index (χ1) is 12.1. The highest BCUT2D eigenvalue weighted by atomic mass is 16.6. The molecule has 3 rings (SSSR count). The zero-order valence-corrected chi connectivity index (χ0v) is 13.5. The van der Waals surface area contributed by atoms with Crippen LogP contribution in [0.2, 0.25) is 0 Å². The van der Waals surface area contributed by atoms with Gasteiger partial charge in [-0.05, 0) is 29.8 Å². The Balaban J connectivity index is 1.76. The minimum Gasteiger partial charge on any atom is -0.267 e. The van der Waals surface area contributed by atoms with Crippen LogP contribution in [0.25, 0.3) is 10.8 Å². The van der Waals surface area contributed by atoms with Gasteiger partial charge in [0, 0.05) is 22.8 Å². The number of fused-ring (bicyclic) bond motifs is 1. The molecule has 0 bridgehead atoms. The van der Waals surface area contributed by atoms with E-state index in [1.807, 2.05) is 42.5 Å². The van der Waals surface area contributed by atoms with E-state index in [-0.39, 0.29) is 5.69 Å². The van der Waals surface area contributed by atoms with Crippen molar-refractivity contribution in [1.29, 1.82) is 0 Å². The highest BCUT2D eigenvalue weighted by molar-refractivity contribution is 6.00. The molecule has 0 aliphatic rings. The van der Waals surface area contributed by atoms with E-state index in [0.717, 1.165) is 16.3 Å². The highest BCUT2D eigenvalue weighted by Gasteiger charge is 2.13. The van der Waals surface area contributed by atoms with E-state index >= 15 is 0 Å². The minimum absolute atomic E-state index is 0.0178. The van der Waals surface area contributed by atoms with Gasteiger partial charge in [-0.15, -0.1) is 0 Å². The number of hydrogen-bond acceptors (Lipinski definition) is 4. The molecule has 0 aliphatic carbocycles. The van der Waals surface area contributed by atoms with Gasteiger partial charge in [-0.3, -0.25) is 14.9 Å². The Morgan fingerprint density at radius 2 is 1.88 bits per heavy atom. The summed E-state index contributed by atoms with van der Waals surface area (Å²) in [6.45, 7) is 1.59. The van der Waals surface area contributed by atoms with Gasteiger partial charge >= 0.3 is 0 Å². The van der Waals surface area contributed by atoms with Gasteiger partial charge in [-0.1, -0.05) is 42.5 Å². The lowest BCUT2D eigenvalue weighted by Gasteiger charge is -2.03. The van der Waals surface area contributed by atoms with Crippen LogP contribution in [0, 0.1) is 17.0 Å². The second-order valence-electron chi connectivity index (χ2n) is 5.53. The lowest BCUT2D eigenvalue weighted by molar-refractivity contribution is -0.385. The van der Waals surface area contributed by atoms with E-state index in [2.05, 4.69) is 10.5 Å². The molecule has 3 aromatic carbocycles. The minimum atomic E-state index is -0.477. The molecule has 25 heavy (non-hydrogen) atoms. The maximum atomic E-state index is 12.1. The zero-order chi connectivity index (χ0) is 17.8. The first-order valence-corrected chi connectivity index (χ1v) is 7.62. The summed E-state index contributed by atoms with van der Waals surface area (Å²) in [5.41, 5.74) is 4.06. The molecular weight excluding hydrogens is 318 g/mol. The number of aryl methyl sites for hydroxylation is 1. The number of nitrogens with one attached hydrogen (secondary N) is 1. The van der Waals surface area contributed by atoms with Crippen molar-refractivity contribution >= 4 is 28.6 Å². The quantitative estimate of drug-likeness (QED) is 0.447. The topological polar surface area (TPSA) is 84.6 Å². The summed E-state index contributed by atoms with van der Waals surface area (Å²) in [6, 6.07) is 17.9. The molecule has 6 heteroatoms. The third-order valence-corrected chi connectivity index (χ3v) is 3.85. The van der Waals surface area contributed by atoms with E-state index in [1.165, 1.54) is 18.2 Å². The fraction of sp³-hybridized carbons (Fsp3) is 0.0526. The van der Waals surface area contributed by atoms with Crippen molar-refractivity contribution in [2.75, 3.05) is 0 Å². The van der Waals surface area contributed by atoms with Gasteiger partial charge in [0.15, 0.2) is 0 Å². The van der Waals surface area contributed by atoms with Crippen molar-refractivity contribution in [3.05, 3.63) is 87.5 Å². The molecule has 3 aromatic rings. The number of carbonyl (C=O) groups excluding carboxylic acids is 1. The van der Waals surface area contributed by atoms with E-state index in [9.17, 15) is 14.9 Å². The van der Waals surface area contributed by atoms with E-state index in [4.69, 9.17) is 0 Å². The molecule has 0 atom stereocenters. The molecule has 0 unspecified atom stereocenters. The Kier molecular flexibility index (Phi) is 4.52. The summed E-state index contributed by atoms with van der Waals surface area (Å²) < 4.78 is 0. The summed E-state index contributed by atoms with van der Waals surface area (Å²) in [5.74, 6) is -0.422. The summed E-state index contributed by atoms with van der Waals surface area (Å²) in [6.07, 6.45) is 1.58. The van der Waals surface area contributed by atoms with Crippen LogP contribution in [0.15, 0.2) is 65.8 Å². The van der Waals surface area contributed by atoms with Gasteiger partial charge in [0.2, 0.25) is 0 Å². The number of nitro benzene ring substituents is 1. The van der Waals surface area contributed by atoms with Crippen LogP contribution in [0.5, 0.6) is 0 Å². The van der Waals surface area contributed by atoms with Crippen LogP contribution < -0.4 is 5.43 Å². The molecule has 0 saturated carbocycles. The predicted octanol–water partition coefficient (Wildman–Crippen LogP) is 3.82. The third-order valence-electron chi connectivity index (χ3n) is 3.85. The summed E-state index contributed by atoms with van der Waals surface area (Å²) in [5, 5.41) is 16.9. The second-order valence-corrected chi connectivity index (χ2v) is 5.53. The maximum Gasteiger partial charge on any atom is 0.272 e. The fourth-order valence-corrected chi connectivity index (χ4v) is 2.59. The first-order valence-electron chi connectivity index (χ1n) is 7.62. The predicted molar refractivity (Wildman–Crippen MR) is 96.8 cm³/mol. The van der Waals surface area contributed by atoms with Crippen LogP contribution in [0.3, 0.4) is 0 Å². The monoisotopic (exact) mass is 333 g/mol. The molecule has 0 saturated heterocycles. The average Bonchev–Trinajstić information content (AvgIpc) is 2.61. The number of rotatable bonds is 4. The molecular formula is C19H15N3O3. The van der Waals surface area contributed by atoms with E-state index in [1.54, 1.807) is 13.1 Å². The molecule has 1 N–H and O–H groups in total. The van der Waals surface area contributed by atoms with Crippen molar-refractivity contribution in [3.63, 3.8) is 0 Å². The van der Waals surface area contributed by atoms with Gasteiger partial charge in [0.25, 0.3) is 11.6 Å². The number of benzene rings is 3. The van der Waals surface area contributed by atoms with Crippen molar-refractivity contribution < 1.29 is 9.72 Å². The summed E-state index contributed by atoms with van der Waals surface area (Å²) in [4.78, 5) is 22.5.